The molecule has 0 bridgehead atoms. The van der Waals surface area contributed by atoms with Gasteiger partial charge in [-0.2, -0.15) is 0 Å². The van der Waals surface area contributed by atoms with Gasteiger partial charge >= 0.3 is 5.97 Å². The molecule has 4 rings (SSSR count). The number of hydrogen-bond donors (Lipinski definition) is 2. The Labute approximate surface area is 198 Å². The molecule has 34 heavy (non-hydrogen) atoms. The van der Waals surface area contributed by atoms with Crippen molar-refractivity contribution in [3.05, 3.63) is 114 Å². The topological polar surface area (TPSA) is 80.1 Å². The zero-order valence-electron chi connectivity index (χ0n) is 18.6. The molecule has 0 aromatic heterocycles. The van der Waals surface area contributed by atoms with Crippen LogP contribution in [0.25, 0.3) is 0 Å². The van der Waals surface area contributed by atoms with Crippen molar-refractivity contribution >= 4 is 29.2 Å². The summed E-state index contributed by atoms with van der Waals surface area (Å²) in [6.45, 7) is 0.265. The highest BCUT2D eigenvalue weighted by atomic mass is 16.5. The Hall–Kier alpha value is -4.58. The van der Waals surface area contributed by atoms with E-state index in [0.29, 0.717) is 11.5 Å². The van der Waals surface area contributed by atoms with E-state index in [1.165, 1.54) is 0 Å². The molecule has 0 aliphatic carbocycles. The molecule has 6 nitrogen and oxygen atoms in total. The molecule has 0 heterocycles. The molecule has 4 aromatic carbocycles. The van der Waals surface area contributed by atoms with E-state index in [9.17, 15) is 4.79 Å². The van der Waals surface area contributed by atoms with Gasteiger partial charge in [0.25, 0.3) is 0 Å². The van der Waals surface area contributed by atoms with Crippen LogP contribution in [0, 0.1) is 0 Å². The van der Waals surface area contributed by atoms with Gasteiger partial charge in [0.15, 0.2) is 11.5 Å². The number of rotatable bonds is 9. The summed E-state index contributed by atoms with van der Waals surface area (Å²) >= 11 is 0. The lowest BCUT2D eigenvalue weighted by atomic mass is 10.1. The summed E-state index contributed by atoms with van der Waals surface area (Å²) in [7, 11) is 1.59. The molecular formula is C28H24N2O4. The number of carbonyl (C=O) groups is 1. The molecule has 0 aliphatic heterocycles. The third-order valence-corrected chi connectivity index (χ3v) is 5.10. The SMILES string of the molecule is COc1cccc(C=Nc2ccc(Nc3ccccc3)cc2)c1OCc1ccc(C(=O)O)cc1. The van der Waals surface area contributed by atoms with E-state index in [1.54, 1.807) is 37.6 Å². The number of aromatic carboxylic acids is 1. The van der Waals surface area contributed by atoms with Crippen molar-refractivity contribution in [2.45, 2.75) is 6.61 Å². The van der Waals surface area contributed by atoms with E-state index in [4.69, 9.17) is 14.6 Å². The number of benzene rings is 4. The van der Waals surface area contributed by atoms with Crippen molar-refractivity contribution in [1.29, 1.82) is 0 Å². The van der Waals surface area contributed by atoms with Gasteiger partial charge in [0.1, 0.15) is 6.61 Å². The molecule has 0 spiro atoms. The van der Waals surface area contributed by atoms with Gasteiger partial charge in [-0.15, -0.1) is 0 Å². The first-order valence-electron chi connectivity index (χ1n) is 10.7. The molecule has 0 amide bonds. The third-order valence-electron chi connectivity index (χ3n) is 5.10. The Bertz CT molecular complexity index is 1270. The maximum Gasteiger partial charge on any atom is 0.335 e. The van der Waals surface area contributed by atoms with Crippen molar-refractivity contribution in [2.24, 2.45) is 4.99 Å². The summed E-state index contributed by atoms with van der Waals surface area (Å²) in [6.07, 6.45) is 1.74. The molecule has 0 saturated heterocycles. The van der Waals surface area contributed by atoms with Gasteiger partial charge in [0, 0.05) is 23.2 Å². The highest BCUT2D eigenvalue weighted by molar-refractivity contribution is 5.88. The highest BCUT2D eigenvalue weighted by Crippen LogP contribution is 2.31. The average Bonchev–Trinajstić information content (AvgIpc) is 2.88. The van der Waals surface area contributed by atoms with Crippen molar-refractivity contribution in [2.75, 3.05) is 12.4 Å². The zero-order valence-corrected chi connectivity index (χ0v) is 18.6. The molecule has 0 atom stereocenters. The molecule has 0 radical (unpaired) electrons. The Morgan fingerprint density at radius 3 is 2.26 bits per heavy atom. The predicted octanol–water partition coefficient (Wildman–Crippen LogP) is 6.47. The highest BCUT2D eigenvalue weighted by Gasteiger charge is 2.10. The second-order valence-corrected chi connectivity index (χ2v) is 7.47. The van der Waals surface area contributed by atoms with E-state index in [0.717, 1.165) is 28.2 Å². The molecule has 4 aromatic rings. The van der Waals surface area contributed by atoms with Gasteiger partial charge in [-0.1, -0.05) is 36.4 Å². The van der Waals surface area contributed by atoms with E-state index in [2.05, 4.69) is 10.3 Å². The van der Waals surface area contributed by atoms with E-state index in [-0.39, 0.29) is 12.2 Å². The quantitative estimate of drug-likeness (QED) is 0.285. The van der Waals surface area contributed by atoms with Gasteiger partial charge < -0.3 is 19.9 Å². The normalized spacial score (nSPS) is 10.7. The number of nitrogens with one attached hydrogen (secondary N) is 1. The first kappa shape index (κ1) is 22.6. The van der Waals surface area contributed by atoms with Gasteiger partial charge in [-0.05, 0) is 66.2 Å². The van der Waals surface area contributed by atoms with Gasteiger partial charge in [-0.3, -0.25) is 4.99 Å². The van der Waals surface area contributed by atoms with Crippen LogP contribution < -0.4 is 14.8 Å². The minimum Gasteiger partial charge on any atom is -0.493 e. The van der Waals surface area contributed by atoms with Crippen LogP contribution in [-0.2, 0) is 6.61 Å². The molecule has 6 heteroatoms. The Morgan fingerprint density at radius 2 is 1.59 bits per heavy atom. The van der Waals surface area contributed by atoms with Gasteiger partial charge in [0.2, 0.25) is 0 Å². The number of nitrogens with zero attached hydrogens (tertiary/aromatic N) is 1. The molecule has 2 N–H and O–H groups in total. The summed E-state index contributed by atoms with van der Waals surface area (Å²) in [5, 5.41) is 12.4. The molecule has 0 unspecified atom stereocenters. The second kappa shape index (κ2) is 10.8. The van der Waals surface area contributed by atoms with Crippen LogP contribution in [0.4, 0.5) is 17.1 Å². The summed E-state index contributed by atoms with van der Waals surface area (Å²) in [4.78, 5) is 15.6. The largest absolute Gasteiger partial charge is 0.493 e. The average molecular weight is 453 g/mol. The van der Waals surface area contributed by atoms with Crippen LogP contribution in [0.3, 0.4) is 0 Å². The van der Waals surface area contributed by atoms with Crippen LogP contribution in [0.2, 0.25) is 0 Å². The fourth-order valence-corrected chi connectivity index (χ4v) is 3.31. The number of ether oxygens (including phenoxy) is 2. The van der Waals surface area contributed by atoms with E-state index < -0.39 is 5.97 Å². The first-order chi connectivity index (χ1) is 16.6. The molecule has 0 saturated carbocycles. The fourth-order valence-electron chi connectivity index (χ4n) is 3.31. The molecule has 0 aliphatic rings. The molecular weight excluding hydrogens is 428 g/mol. The Morgan fingerprint density at radius 1 is 0.882 bits per heavy atom. The van der Waals surface area contributed by atoms with Crippen molar-refractivity contribution in [3.63, 3.8) is 0 Å². The third kappa shape index (κ3) is 5.81. The van der Waals surface area contributed by atoms with Crippen LogP contribution in [0.15, 0.2) is 102 Å². The van der Waals surface area contributed by atoms with Crippen molar-refractivity contribution in [1.82, 2.24) is 0 Å². The smallest absolute Gasteiger partial charge is 0.335 e. The van der Waals surface area contributed by atoms with E-state index in [1.807, 2.05) is 72.8 Å². The number of hydrogen-bond acceptors (Lipinski definition) is 5. The number of aliphatic imine (C=N–C) groups is 1. The molecule has 170 valence electrons. The Balaban J connectivity index is 1.47. The lowest BCUT2D eigenvalue weighted by Crippen LogP contribution is -2.02. The summed E-state index contributed by atoms with van der Waals surface area (Å²) in [5.41, 5.74) is 4.66. The fraction of sp³-hybridized carbons (Fsp3) is 0.0714. The van der Waals surface area contributed by atoms with Crippen LogP contribution in [0.1, 0.15) is 21.5 Å². The number of carboxylic acid groups (broad SMARTS) is 1. The zero-order chi connectivity index (χ0) is 23.8. The number of methoxy groups -OCH3 is 1. The number of para-hydroxylation sites is 2. The van der Waals surface area contributed by atoms with Crippen LogP contribution >= 0.6 is 0 Å². The number of carboxylic acids is 1. The summed E-state index contributed by atoms with van der Waals surface area (Å²) in [5.74, 6) is 0.200. The minimum absolute atomic E-state index is 0.235. The Kier molecular flexibility index (Phi) is 7.20. The van der Waals surface area contributed by atoms with Crippen LogP contribution in [0.5, 0.6) is 11.5 Å². The van der Waals surface area contributed by atoms with Gasteiger partial charge in [0.05, 0.1) is 18.4 Å². The number of anilines is 2. The lowest BCUT2D eigenvalue weighted by molar-refractivity contribution is 0.0697. The summed E-state index contributed by atoms with van der Waals surface area (Å²) < 4.78 is 11.5. The van der Waals surface area contributed by atoms with Crippen molar-refractivity contribution < 1.29 is 19.4 Å². The second-order valence-electron chi connectivity index (χ2n) is 7.47. The monoisotopic (exact) mass is 452 g/mol. The maximum absolute atomic E-state index is 11.0. The molecule has 0 fully saturated rings. The van der Waals surface area contributed by atoms with E-state index >= 15 is 0 Å². The lowest BCUT2D eigenvalue weighted by Gasteiger charge is -2.13. The predicted molar refractivity (Wildman–Crippen MR) is 134 cm³/mol. The van der Waals surface area contributed by atoms with Crippen LogP contribution in [-0.4, -0.2) is 24.4 Å². The standard InChI is InChI=1S/C28H24N2O4/c1-33-26-9-5-6-22(27(26)34-19-20-10-12-21(13-11-20)28(31)32)18-29-23-14-16-25(17-15-23)30-24-7-3-2-4-8-24/h2-18,30H,19H2,1H3,(H,31,32). The summed E-state index contributed by atoms with van der Waals surface area (Å²) in [6, 6.07) is 30.0. The van der Waals surface area contributed by atoms with Gasteiger partial charge in [-0.25, -0.2) is 4.79 Å². The first-order valence-corrected chi connectivity index (χ1v) is 10.7. The minimum atomic E-state index is -0.959. The van der Waals surface area contributed by atoms with Crippen molar-refractivity contribution in [3.8, 4) is 11.5 Å². The maximum atomic E-state index is 11.0.